The Hall–Kier alpha value is -2.09. The molecule has 2 aromatic carbocycles. The molecule has 0 bridgehead atoms. The van der Waals surface area contributed by atoms with Gasteiger partial charge in [0.1, 0.15) is 5.82 Å². The van der Waals surface area contributed by atoms with Crippen molar-refractivity contribution in [2.24, 2.45) is 0 Å². The van der Waals surface area contributed by atoms with Crippen LogP contribution in [0, 0.1) is 6.92 Å². The molecule has 6 nitrogen and oxygen atoms in total. The lowest BCUT2D eigenvalue weighted by atomic mass is 10.2. The molecule has 0 saturated heterocycles. The van der Waals surface area contributed by atoms with Gasteiger partial charge in [-0.05, 0) is 49.2 Å². The summed E-state index contributed by atoms with van der Waals surface area (Å²) in [5.41, 5.74) is 3.55. The predicted molar refractivity (Wildman–Crippen MR) is 114 cm³/mol. The Morgan fingerprint density at radius 3 is 2.57 bits per heavy atom. The number of halogens is 1. The summed E-state index contributed by atoms with van der Waals surface area (Å²) in [5.74, 6) is 0.855. The fourth-order valence-corrected chi connectivity index (χ4v) is 4.13. The highest BCUT2D eigenvalue weighted by molar-refractivity contribution is 7.89. The highest BCUT2D eigenvalue weighted by Gasteiger charge is 2.19. The SMILES string of the molecule is CCCn1c(CNc2ccc(C)c(Cl)c2)nc2cc(S(=O)(=O)N(C)C)ccc21. The van der Waals surface area contributed by atoms with Gasteiger partial charge in [-0.15, -0.1) is 0 Å². The van der Waals surface area contributed by atoms with Gasteiger partial charge in [-0.25, -0.2) is 17.7 Å². The van der Waals surface area contributed by atoms with Crippen molar-refractivity contribution in [3.05, 3.63) is 52.8 Å². The van der Waals surface area contributed by atoms with Crippen molar-refractivity contribution in [2.45, 2.75) is 38.3 Å². The average molecular weight is 421 g/mol. The first kappa shape index (κ1) is 20.6. The molecule has 0 spiro atoms. The quantitative estimate of drug-likeness (QED) is 0.619. The zero-order valence-electron chi connectivity index (χ0n) is 16.5. The van der Waals surface area contributed by atoms with Crippen molar-refractivity contribution in [2.75, 3.05) is 19.4 Å². The summed E-state index contributed by atoms with van der Waals surface area (Å²) in [6.07, 6.45) is 0.951. The van der Waals surface area contributed by atoms with Crippen molar-refractivity contribution in [1.82, 2.24) is 13.9 Å². The number of anilines is 1. The zero-order chi connectivity index (χ0) is 20.5. The molecule has 0 aliphatic carbocycles. The maximum absolute atomic E-state index is 12.4. The molecule has 3 aromatic rings. The van der Waals surface area contributed by atoms with E-state index in [-0.39, 0.29) is 4.90 Å². The highest BCUT2D eigenvalue weighted by Crippen LogP contribution is 2.24. The number of aromatic nitrogens is 2. The topological polar surface area (TPSA) is 67.2 Å². The van der Waals surface area contributed by atoms with Crippen LogP contribution in [-0.4, -0.2) is 36.4 Å². The maximum atomic E-state index is 12.4. The van der Waals surface area contributed by atoms with E-state index in [1.807, 2.05) is 31.2 Å². The molecule has 1 aromatic heterocycles. The Bertz CT molecular complexity index is 1110. The number of fused-ring (bicyclic) bond motifs is 1. The van der Waals surface area contributed by atoms with Gasteiger partial charge in [0.15, 0.2) is 0 Å². The monoisotopic (exact) mass is 420 g/mol. The van der Waals surface area contributed by atoms with Crippen LogP contribution in [0.4, 0.5) is 5.69 Å². The lowest BCUT2D eigenvalue weighted by molar-refractivity contribution is 0.521. The number of rotatable bonds is 7. The molecule has 1 N–H and O–H groups in total. The number of benzene rings is 2. The van der Waals surface area contributed by atoms with Crippen molar-refractivity contribution in [1.29, 1.82) is 0 Å². The fraction of sp³-hybridized carbons (Fsp3) is 0.350. The summed E-state index contributed by atoms with van der Waals surface area (Å²) in [6.45, 7) is 5.39. The van der Waals surface area contributed by atoms with Crippen LogP contribution in [0.2, 0.25) is 5.02 Å². The van der Waals surface area contributed by atoms with Crippen molar-refractivity contribution >= 4 is 38.3 Å². The summed E-state index contributed by atoms with van der Waals surface area (Å²) in [5, 5.41) is 4.07. The standard InChI is InChI=1S/C20H25ClN4O2S/c1-5-10-25-19-9-8-16(28(26,27)24(3)4)12-18(19)23-20(25)13-22-15-7-6-14(2)17(21)11-15/h6-9,11-12,22H,5,10,13H2,1-4H3. The van der Waals surface area contributed by atoms with E-state index in [0.717, 1.165) is 35.6 Å². The van der Waals surface area contributed by atoms with E-state index in [0.29, 0.717) is 17.1 Å². The molecule has 0 radical (unpaired) electrons. The summed E-state index contributed by atoms with van der Waals surface area (Å²) in [7, 11) is -0.444. The lowest BCUT2D eigenvalue weighted by Gasteiger charge is -2.12. The van der Waals surface area contributed by atoms with Crippen LogP contribution < -0.4 is 5.32 Å². The van der Waals surface area contributed by atoms with Gasteiger partial charge in [0.2, 0.25) is 10.0 Å². The summed E-state index contributed by atoms with van der Waals surface area (Å²) in [6, 6.07) is 11.0. The number of nitrogens with one attached hydrogen (secondary N) is 1. The van der Waals surface area contributed by atoms with Crippen LogP contribution in [-0.2, 0) is 23.1 Å². The third-order valence-corrected chi connectivity index (χ3v) is 6.87. The van der Waals surface area contributed by atoms with E-state index in [1.165, 1.54) is 18.4 Å². The summed E-state index contributed by atoms with van der Waals surface area (Å²) < 4.78 is 28.2. The molecular weight excluding hydrogens is 396 g/mol. The van der Waals surface area contributed by atoms with E-state index >= 15 is 0 Å². The molecular formula is C20H25ClN4O2S. The van der Waals surface area contributed by atoms with Gasteiger partial charge < -0.3 is 9.88 Å². The van der Waals surface area contributed by atoms with Crippen LogP contribution >= 0.6 is 11.6 Å². The number of hydrogen-bond donors (Lipinski definition) is 1. The Morgan fingerprint density at radius 2 is 1.93 bits per heavy atom. The second-order valence-electron chi connectivity index (χ2n) is 6.94. The van der Waals surface area contributed by atoms with Gasteiger partial charge >= 0.3 is 0 Å². The Labute approximate surface area is 171 Å². The van der Waals surface area contributed by atoms with Crippen LogP contribution in [0.25, 0.3) is 11.0 Å². The Balaban J connectivity index is 1.96. The second kappa shape index (κ2) is 8.11. The minimum atomic E-state index is -3.49. The molecule has 8 heteroatoms. The minimum absolute atomic E-state index is 0.246. The van der Waals surface area contributed by atoms with Gasteiger partial charge in [0, 0.05) is 31.4 Å². The van der Waals surface area contributed by atoms with E-state index in [1.54, 1.807) is 12.1 Å². The first-order valence-electron chi connectivity index (χ1n) is 9.15. The number of aryl methyl sites for hydroxylation is 2. The predicted octanol–water partition coefficient (Wildman–Crippen LogP) is 4.27. The molecule has 150 valence electrons. The van der Waals surface area contributed by atoms with Gasteiger partial charge in [-0.1, -0.05) is 24.6 Å². The van der Waals surface area contributed by atoms with Crippen LogP contribution in [0.1, 0.15) is 24.7 Å². The van der Waals surface area contributed by atoms with E-state index in [2.05, 4.69) is 16.8 Å². The zero-order valence-corrected chi connectivity index (χ0v) is 18.1. The third-order valence-electron chi connectivity index (χ3n) is 4.65. The highest BCUT2D eigenvalue weighted by atomic mass is 35.5. The van der Waals surface area contributed by atoms with Crippen molar-refractivity contribution in [3.8, 4) is 0 Å². The van der Waals surface area contributed by atoms with Gasteiger partial charge in [0.25, 0.3) is 0 Å². The number of hydrogen-bond acceptors (Lipinski definition) is 4. The lowest BCUT2D eigenvalue weighted by Crippen LogP contribution is -2.22. The third kappa shape index (κ3) is 4.01. The van der Waals surface area contributed by atoms with Crippen molar-refractivity contribution in [3.63, 3.8) is 0 Å². The second-order valence-corrected chi connectivity index (χ2v) is 9.49. The van der Waals surface area contributed by atoms with Gasteiger partial charge in [-0.3, -0.25) is 0 Å². The first-order chi connectivity index (χ1) is 13.2. The molecule has 0 saturated carbocycles. The van der Waals surface area contributed by atoms with E-state index < -0.39 is 10.0 Å². The molecule has 0 aliphatic heterocycles. The molecule has 0 fully saturated rings. The Kier molecular flexibility index (Phi) is 5.98. The first-order valence-corrected chi connectivity index (χ1v) is 11.0. The van der Waals surface area contributed by atoms with E-state index in [4.69, 9.17) is 16.6 Å². The van der Waals surface area contributed by atoms with Gasteiger partial charge in [-0.2, -0.15) is 0 Å². The molecule has 1 heterocycles. The van der Waals surface area contributed by atoms with Crippen LogP contribution in [0.5, 0.6) is 0 Å². The Morgan fingerprint density at radius 1 is 1.18 bits per heavy atom. The fourth-order valence-electron chi connectivity index (χ4n) is 3.02. The van der Waals surface area contributed by atoms with Crippen LogP contribution in [0.3, 0.4) is 0 Å². The smallest absolute Gasteiger partial charge is 0.242 e. The molecule has 0 amide bonds. The number of imidazole rings is 1. The molecule has 0 aliphatic rings. The van der Waals surface area contributed by atoms with Crippen LogP contribution in [0.15, 0.2) is 41.3 Å². The number of sulfonamides is 1. The largest absolute Gasteiger partial charge is 0.378 e. The minimum Gasteiger partial charge on any atom is -0.378 e. The maximum Gasteiger partial charge on any atom is 0.242 e. The van der Waals surface area contributed by atoms with Gasteiger partial charge in [0.05, 0.1) is 22.5 Å². The molecule has 3 rings (SSSR count). The number of nitrogens with zero attached hydrogens (tertiary/aromatic N) is 3. The molecule has 28 heavy (non-hydrogen) atoms. The van der Waals surface area contributed by atoms with Crippen molar-refractivity contribution < 1.29 is 8.42 Å². The summed E-state index contributed by atoms with van der Waals surface area (Å²) in [4.78, 5) is 4.95. The average Bonchev–Trinajstić information content (AvgIpc) is 3.00. The summed E-state index contributed by atoms with van der Waals surface area (Å²) >= 11 is 6.20. The van der Waals surface area contributed by atoms with E-state index in [9.17, 15) is 8.42 Å². The molecule has 0 atom stereocenters. The molecule has 0 unspecified atom stereocenters. The normalized spacial score (nSPS) is 12.1.